The molecule has 1 aliphatic rings. The number of thioether (sulfide) groups is 1. The minimum Gasteiger partial charge on any atom is -0.368 e. The van der Waals surface area contributed by atoms with E-state index in [9.17, 15) is 0 Å². The van der Waals surface area contributed by atoms with Gasteiger partial charge < -0.3 is 5.73 Å². The molecule has 2 N–H and O–H groups in total. The highest BCUT2D eigenvalue weighted by atomic mass is 32.2. The Morgan fingerprint density at radius 2 is 2.13 bits per heavy atom. The molecule has 4 nitrogen and oxygen atoms in total. The van der Waals surface area contributed by atoms with Gasteiger partial charge in [-0.2, -0.15) is 21.7 Å². The van der Waals surface area contributed by atoms with Crippen molar-refractivity contribution in [3.05, 3.63) is 11.6 Å². The number of nitrogens with zero attached hydrogens (tertiary/aromatic N) is 3. The number of hydrogen-bond acceptors (Lipinski definition) is 5. The van der Waals surface area contributed by atoms with E-state index in [0.717, 1.165) is 23.2 Å². The van der Waals surface area contributed by atoms with Crippen LogP contribution in [0.5, 0.6) is 0 Å². The van der Waals surface area contributed by atoms with Gasteiger partial charge in [0.05, 0.1) is 5.75 Å². The molecule has 1 aromatic heterocycles. The topological polar surface area (TPSA) is 64.7 Å². The van der Waals surface area contributed by atoms with Crippen molar-refractivity contribution in [3.63, 3.8) is 0 Å². The van der Waals surface area contributed by atoms with Gasteiger partial charge in [0.2, 0.25) is 5.95 Å². The van der Waals surface area contributed by atoms with Gasteiger partial charge in [-0.15, -0.1) is 0 Å². The summed E-state index contributed by atoms with van der Waals surface area (Å²) < 4.78 is 0. The molecule has 0 atom stereocenters. The van der Waals surface area contributed by atoms with E-state index < -0.39 is 0 Å². The van der Waals surface area contributed by atoms with Crippen molar-refractivity contribution in [3.8, 4) is 0 Å². The van der Waals surface area contributed by atoms with Crippen LogP contribution in [0.3, 0.4) is 0 Å². The summed E-state index contributed by atoms with van der Waals surface area (Å²) in [6.07, 6.45) is 3.58. The van der Waals surface area contributed by atoms with Crippen LogP contribution in [0.2, 0.25) is 0 Å². The molecular weight excluding hydrogens is 208 g/mol. The van der Waals surface area contributed by atoms with Crippen LogP contribution < -0.4 is 5.73 Å². The summed E-state index contributed by atoms with van der Waals surface area (Å²) in [5, 5.41) is 0. The SMILES string of the molecule is CCCSCc1nc(N)nc(C2CC2)n1. The Kier molecular flexibility index (Phi) is 3.41. The molecule has 1 saturated carbocycles. The molecule has 0 amide bonds. The Morgan fingerprint density at radius 3 is 2.80 bits per heavy atom. The van der Waals surface area contributed by atoms with Gasteiger partial charge in [-0.05, 0) is 25.0 Å². The average Bonchev–Trinajstić information content (AvgIpc) is 3.00. The zero-order valence-corrected chi connectivity index (χ0v) is 9.76. The van der Waals surface area contributed by atoms with Gasteiger partial charge in [0, 0.05) is 5.92 Å². The molecule has 1 aliphatic carbocycles. The van der Waals surface area contributed by atoms with E-state index >= 15 is 0 Å². The second-order valence-electron chi connectivity index (χ2n) is 3.79. The summed E-state index contributed by atoms with van der Waals surface area (Å²) in [6, 6.07) is 0. The number of hydrogen-bond donors (Lipinski definition) is 1. The molecule has 0 aromatic carbocycles. The molecule has 0 saturated heterocycles. The quantitative estimate of drug-likeness (QED) is 0.775. The van der Waals surface area contributed by atoms with E-state index in [0.29, 0.717) is 11.9 Å². The van der Waals surface area contributed by atoms with E-state index in [4.69, 9.17) is 5.73 Å². The van der Waals surface area contributed by atoms with Crippen molar-refractivity contribution >= 4 is 17.7 Å². The van der Waals surface area contributed by atoms with E-state index in [-0.39, 0.29) is 0 Å². The lowest BCUT2D eigenvalue weighted by molar-refractivity contribution is 0.857. The summed E-state index contributed by atoms with van der Waals surface area (Å²) in [4.78, 5) is 12.8. The molecule has 82 valence electrons. The van der Waals surface area contributed by atoms with Crippen molar-refractivity contribution in [1.29, 1.82) is 0 Å². The van der Waals surface area contributed by atoms with Crippen LogP contribution in [-0.2, 0) is 5.75 Å². The van der Waals surface area contributed by atoms with Crippen molar-refractivity contribution < 1.29 is 0 Å². The lowest BCUT2D eigenvalue weighted by Crippen LogP contribution is -2.06. The molecule has 0 spiro atoms. The second kappa shape index (κ2) is 4.79. The maximum absolute atomic E-state index is 5.66. The normalized spacial score (nSPS) is 15.5. The largest absolute Gasteiger partial charge is 0.368 e. The van der Waals surface area contributed by atoms with E-state index in [1.54, 1.807) is 0 Å². The zero-order valence-electron chi connectivity index (χ0n) is 8.94. The number of nitrogen functional groups attached to an aromatic ring is 1. The minimum absolute atomic E-state index is 0.374. The lowest BCUT2D eigenvalue weighted by atomic mass is 10.4. The van der Waals surface area contributed by atoms with Crippen LogP contribution in [0.15, 0.2) is 0 Å². The Balaban J connectivity index is 2.02. The fraction of sp³-hybridized carbons (Fsp3) is 0.700. The molecule has 0 aliphatic heterocycles. The molecule has 0 bridgehead atoms. The highest BCUT2D eigenvalue weighted by Crippen LogP contribution is 2.38. The summed E-state index contributed by atoms with van der Waals surface area (Å²) in [5.41, 5.74) is 5.66. The monoisotopic (exact) mass is 224 g/mol. The average molecular weight is 224 g/mol. The van der Waals surface area contributed by atoms with Gasteiger partial charge in [-0.25, -0.2) is 4.98 Å². The smallest absolute Gasteiger partial charge is 0.223 e. The van der Waals surface area contributed by atoms with Crippen molar-refractivity contribution in [2.75, 3.05) is 11.5 Å². The summed E-state index contributed by atoms with van der Waals surface area (Å²) >= 11 is 1.85. The molecular formula is C10H16N4S. The molecule has 5 heteroatoms. The van der Waals surface area contributed by atoms with Gasteiger partial charge >= 0.3 is 0 Å². The van der Waals surface area contributed by atoms with Crippen LogP contribution in [0.1, 0.15) is 43.8 Å². The third-order valence-electron chi connectivity index (χ3n) is 2.24. The predicted molar refractivity (Wildman–Crippen MR) is 62.7 cm³/mol. The Hall–Kier alpha value is -0.840. The zero-order chi connectivity index (χ0) is 10.7. The van der Waals surface area contributed by atoms with Crippen molar-refractivity contribution in [1.82, 2.24) is 15.0 Å². The maximum atomic E-state index is 5.66. The van der Waals surface area contributed by atoms with E-state index in [1.807, 2.05) is 11.8 Å². The first-order chi connectivity index (χ1) is 7.29. The van der Waals surface area contributed by atoms with E-state index in [1.165, 1.54) is 19.3 Å². The summed E-state index contributed by atoms with van der Waals surface area (Å²) in [6.45, 7) is 2.17. The number of nitrogens with two attached hydrogens (primary N) is 1. The Bertz CT molecular complexity index is 338. The minimum atomic E-state index is 0.374. The Labute approximate surface area is 94.1 Å². The molecule has 15 heavy (non-hydrogen) atoms. The fourth-order valence-corrected chi connectivity index (χ4v) is 2.10. The third kappa shape index (κ3) is 3.06. The Morgan fingerprint density at radius 1 is 1.33 bits per heavy atom. The molecule has 2 rings (SSSR count). The number of anilines is 1. The fourth-order valence-electron chi connectivity index (χ4n) is 1.35. The summed E-state index contributed by atoms with van der Waals surface area (Å²) in [7, 11) is 0. The highest BCUT2D eigenvalue weighted by Gasteiger charge is 2.27. The number of rotatable bonds is 5. The molecule has 0 unspecified atom stereocenters. The molecule has 0 radical (unpaired) electrons. The van der Waals surface area contributed by atoms with Gasteiger partial charge in [-0.3, -0.25) is 0 Å². The van der Waals surface area contributed by atoms with Crippen LogP contribution >= 0.6 is 11.8 Å². The van der Waals surface area contributed by atoms with Crippen LogP contribution in [0, 0.1) is 0 Å². The van der Waals surface area contributed by atoms with Gasteiger partial charge in [0.1, 0.15) is 11.6 Å². The first-order valence-electron chi connectivity index (χ1n) is 5.37. The van der Waals surface area contributed by atoms with Crippen molar-refractivity contribution in [2.45, 2.75) is 37.9 Å². The lowest BCUT2D eigenvalue weighted by Gasteiger charge is -2.03. The van der Waals surface area contributed by atoms with Crippen molar-refractivity contribution in [2.24, 2.45) is 0 Å². The summed E-state index contributed by atoms with van der Waals surface area (Å²) in [5.74, 6) is 4.65. The number of aromatic nitrogens is 3. The first kappa shape index (κ1) is 10.7. The highest BCUT2D eigenvalue weighted by molar-refractivity contribution is 7.98. The molecule has 1 aromatic rings. The van der Waals surface area contributed by atoms with E-state index in [2.05, 4.69) is 21.9 Å². The first-order valence-corrected chi connectivity index (χ1v) is 6.53. The van der Waals surface area contributed by atoms with Crippen LogP contribution in [0.25, 0.3) is 0 Å². The predicted octanol–water partition coefficient (Wildman–Crippen LogP) is 1.97. The van der Waals surface area contributed by atoms with Gasteiger partial charge in [-0.1, -0.05) is 6.92 Å². The van der Waals surface area contributed by atoms with Gasteiger partial charge in [0.15, 0.2) is 0 Å². The third-order valence-corrected chi connectivity index (χ3v) is 3.40. The van der Waals surface area contributed by atoms with Crippen LogP contribution in [-0.4, -0.2) is 20.7 Å². The standard InChI is InChI=1S/C10H16N4S/c1-2-5-15-6-8-12-9(7-3-4-7)14-10(11)13-8/h7H,2-6H2,1H3,(H2,11,12,13,14). The van der Waals surface area contributed by atoms with Crippen LogP contribution in [0.4, 0.5) is 5.95 Å². The maximum Gasteiger partial charge on any atom is 0.223 e. The molecule has 1 fully saturated rings. The van der Waals surface area contributed by atoms with Gasteiger partial charge in [0.25, 0.3) is 0 Å². The second-order valence-corrected chi connectivity index (χ2v) is 4.90. The molecule has 1 heterocycles.